The van der Waals surface area contributed by atoms with Gasteiger partial charge in [-0.25, -0.2) is 0 Å². The number of esters is 1. The number of hydrogen-bond donors (Lipinski definition) is 0. The van der Waals surface area contributed by atoms with E-state index in [0.717, 1.165) is 16.7 Å². The fourth-order valence-corrected chi connectivity index (χ4v) is 6.70. The quantitative estimate of drug-likeness (QED) is 0.193. The zero-order valence-corrected chi connectivity index (χ0v) is 26.7. The molecular weight excluding hydrogens is 544 g/mol. The van der Waals surface area contributed by atoms with Gasteiger partial charge in [-0.1, -0.05) is 20.8 Å². The third-order valence-electron chi connectivity index (χ3n) is 8.53. The van der Waals surface area contributed by atoms with E-state index in [4.69, 9.17) is 37.6 Å². The minimum Gasteiger partial charge on any atom is -0.505 e. The molecule has 1 heterocycles. The van der Waals surface area contributed by atoms with Crippen LogP contribution in [-0.2, 0) is 18.7 Å². The first-order valence-electron chi connectivity index (χ1n) is 13.6. The maximum Gasteiger partial charge on any atom is 0.310 e. The van der Waals surface area contributed by atoms with E-state index in [2.05, 4.69) is 33.9 Å². The molecule has 0 bridgehead atoms. The van der Waals surface area contributed by atoms with Crippen LogP contribution < -0.4 is 23.7 Å². The number of hydrogen-bond acceptors (Lipinski definition) is 9. The molecule has 0 aromatic heterocycles. The Balaban J connectivity index is 2.06. The molecule has 0 amide bonds. The van der Waals surface area contributed by atoms with E-state index >= 15 is 0 Å². The molecule has 2 aliphatic rings. The third-order valence-corrected chi connectivity index (χ3v) is 13.0. The smallest absolute Gasteiger partial charge is 0.310 e. The van der Waals surface area contributed by atoms with Gasteiger partial charge in [-0.15, -0.1) is 0 Å². The van der Waals surface area contributed by atoms with Crippen molar-refractivity contribution in [3.8, 4) is 28.7 Å². The maximum atomic E-state index is 13.8. The molecule has 0 saturated carbocycles. The lowest BCUT2D eigenvalue weighted by Crippen LogP contribution is -2.47. The van der Waals surface area contributed by atoms with Crippen molar-refractivity contribution in [2.75, 3.05) is 42.3 Å². The van der Waals surface area contributed by atoms with Crippen molar-refractivity contribution in [1.29, 1.82) is 0 Å². The second-order valence-electron chi connectivity index (χ2n) is 11.8. The molecule has 224 valence electrons. The lowest BCUT2D eigenvalue weighted by Gasteiger charge is -2.47. The van der Waals surface area contributed by atoms with Gasteiger partial charge in [0.1, 0.15) is 0 Å². The summed E-state index contributed by atoms with van der Waals surface area (Å²) in [6.07, 6.45) is 3.03. The molecule has 41 heavy (non-hydrogen) atoms. The van der Waals surface area contributed by atoms with Crippen molar-refractivity contribution in [2.24, 2.45) is 11.8 Å². The van der Waals surface area contributed by atoms with Gasteiger partial charge in [0.15, 0.2) is 31.3 Å². The summed E-state index contributed by atoms with van der Waals surface area (Å²) in [5, 5.41) is -0.0760. The fraction of sp³-hybridized carbons (Fsp3) is 0.516. The second kappa shape index (κ2) is 11.9. The molecule has 0 saturated heterocycles. The Kier molecular flexibility index (Phi) is 8.84. The molecule has 2 aromatic carbocycles. The Hall–Kier alpha value is -3.37. The minimum absolute atomic E-state index is 0.0760. The molecule has 4 rings (SSSR count). The van der Waals surface area contributed by atoms with Crippen LogP contribution in [0.15, 0.2) is 36.6 Å². The highest BCUT2D eigenvalue weighted by Gasteiger charge is 2.51. The molecule has 0 fully saturated rings. The number of carbonyl (C=O) groups excluding carboxylic acids is 1. The van der Waals surface area contributed by atoms with Crippen LogP contribution in [0.1, 0.15) is 49.5 Å². The fourth-order valence-electron chi connectivity index (χ4n) is 5.42. The molecule has 0 unspecified atom stereocenters. The van der Waals surface area contributed by atoms with Crippen LogP contribution in [0, 0.1) is 11.8 Å². The number of fused-ring (bicyclic) bond motifs is 2. The highest BCUT2D eigenvalue weighted by atomic mass is 28.4. The number of rotatable bonds is 9. The van der Waals surface area contributed by atoms with Gasteiger partial charge in [-0.2, -0.15) is 0 Å². The van der Waals surface area contributed by atoms with Crippen molar-refractivity contribution in [3.05, 3.63) is 53.3 Å². The van der Waals surface area contributed by atoms with Crippen LogP contribution in [-0.4, -0.2) is 56.6 Å². The standard InChI is InChI=1S/C31H42O9Si/c1-31(2,3)41(9,10)40-28-19(11-12-33-4)27(30(32)37-8)26(20-15-22-23(16-21(20)28)39-17-38-22)18-13-24(34-5)29(36-7)25(14-18)35-6/h11-16,19,26-28H,17H2,1-10H3/b12-11-/t19-,26+,27+,28+/m0/s1. The third kappa shape index (κ3) is 5.59. The predicted molar refractivity (Wildman–Crippen MR) is 157 cm³/mol. The van der Waals surface area contributed by atoms with Crippen molar-refractivity contribution < 1.29 is 42.4 Å². The summed E-state index contributed by atoms with van der Waals surface area (Å²) >= 11 is 0. The monoisotopic (exact) mass is 586 g/mol. The molecule has 1 aliphatic heterocycles. The van der Waals surface area contributed by atoms with E-state index in [1.165, 1.54) is 7.11 Å². The van der Waals surface area contributed by atoms with Gasteiger partial charge < -0.3 is 37.6 Å². The molecule has 0 radical (unpaired) electrons. The molecule has 9 nitrogen and oxygen atoms in total. The average molecular weight is 587 g/mol. The van der Waals surface area contributed by atoms with Crippen molar-refractivity contribution in [2.45, 2.75) is 50.9 Å². The number of carbonyl (C=O) groups is 1. The average Bonchev–Trinajstić information content (AvgIpc) is 3.40. The molecule has 0 spiro atoms. The van der Waals surface area contributed by atoms with Crippen LogP contribution in [0.3, 0.4) is 0 Å². The number of methoxy groups -OCH3 is 5. The van der Waals surface area contributed by atoms with E-state index < -0.39 is 32.2 Å². The first-order chi connectivity index (χ1) is 19.4. The second-order valence-corrected chi connectivity index (χ2v) is 16.5. The van der Waals surface area contributed by atoms with Gasteiger partial charge in [0, 0.05) is 11.8 Å². The summed E-state index contributed by atoms with van der Waals surface area (Å²) in [4.78, 5) is 13.8. The van der Waals surface area contributed by atoms with Gasteiger partial charge in [-0.05, 0) is 65.2 Å². The van der Waals surface area contributed by atoms with E-state index in [9.17, 15) is 4.79 Å². The highest BCUT2D eigenvalue weighted by Crippen LogP contribution is 2.56. The predicted octanol–water partition coefficient (Wildman–Crippen LogP) is 6.22. The zero-order chi connectivity index (χ0) is 30.1. The van der Waals surface area contributed by atoms with Crippen LogP contribution in [0.25, 0.3) is 0 Å². The first-order valence-corrected chi connectivity index (χ1v) is 16.5. The Morgan fingerprint density at radius 3 is 1.98 bits per heavy atom. The SMILES string of the molecule is CO/C=C\[C@H]1[C@@H](C(=O)OC)[C@H](c2cc(OC)c(OC)c(OC)c2)c2cc3c(cc2[C@@H]1O[Si](C)(C)C(C)(C)C)OCO3. The van der Waals surface area contributed by atoms with Crippen LogP contribution in [0.5, 0.6) is 28.7 Å². The lowest BCUT2D eigenvalue weighted by molar-refractivity contribution is -0.149. The van der Waals surface area contributed by atoms with Crippen molar-refractivity contribution in [1.82, 2.24) is 0 Å². The van der Waals surface area contributed by atoms with Gasteiger partial charge in [-0.3, -0.25) is 4.79 Å². The minimum atomic E-state index is -2.34. The molecule has 4 atom stereocenters. The van der Waals surface area contributed by atoms with Crippen LogP contribution >= 0.6 is 0 Å². The summed E-state index contributed by atoms with van der Waals surface area (Å²) in [5.74, 6) is 0.709. The summed E-state index contributed by atoms with van der Waals surface area (Å²) in [6, 6.07) is 7.70. The summed E-state index contributed by atoms with van der Waals surface area (Å²) in [6.45, 7) is 11.1. The van der Waals surface area contributed by atoms with E-state index in [1.54, 1.807) is 34.7 Å². The molecule has 1 aliphatic carbocycles. The van der Waals surface area contributed by atoms with Gasteiger partial charge in [0.25, 0.3) is 0 Å². The molecular formula is C31H42O9Si. The van der Waals surface area contributed by atoms with E-state index in [1.807, 2.05) is 30.3 Å². The Bertz CT molecular complexity index is 1270. The Labute approximate surface area is 243 Å². The van der Waals surface area contributed by atoms with Gasteiger partial charge in [0.2, 0.25) is 12.5 Å². The van der Waals surface area contributed by atoms with Crippen molar-refractivity contribution >= 4 is 14.3 Å². The van der Waals surface area contributed by atoms with E-state index in [0.29, 0.717) is 28.7 Å². The van der Waals surface area contributed by atoms with Crippen molar-refractivity contribution in [3.63, 3.8) is 0 Å². The topological polar surface area (TPSA) is 90.9 Å². The van der Waals surface area contributed by atoms with Crippen LogP contribution in [0.4, 0.5) is 0 Å². The number of ether oxygens (including phenoxy) is 7. The molecule has 10 heteroatoms. The zero-order valence-electron chi connectivity index (χ0n) is 25.7. The first kappa shape index (κ1) is 30.6. The summed E-state index contributed by atoms with van der Waals surface area (Å²) in [5.41, 5.74) is 2.59. The largest absolute Gasteiger partial charge is 0.505 e. The highest BCUT2D eigenvalue weighted by molar-refractivity contribution is 6.74. The van der Waals surface area contributed by atoms with E-state index in [-0.39, 0.29) is 17.8 Å². The Morgan fingerprint density at radius 1 is 0.902 bits per heavy atom. The van der Waals surface area contributed by atoms with Gasteiger partial charge >= 0.3 is 5.97 Å². The molecule has 0 N–H and O–H groups in total. The van der Waals surface area contributed by atoms with Gasteiger partial charge in [0.05, 0.1) is 53.8 Å². The maximum absolute atomic E-state index is 13.8. The van der Waals surface area contributed by atoms with Crippen LogP contribution in [0.2, 0.25) is 18.1 Å². The molecule has 2 aromatic rings. The summed E-state index contributed by atoms with van der Waals surface area (Å²) < 4.78 is 46.6. The summed E-state index contributed by atoms with van der Waals surface area (Å²) in [7, 11) is 5.34. The normalized spacial score (nSPS) is 21.8. The lowest BCUT2D eigenvalue weighted by atomic mass is 9.65. The number of benzene rings is 2. The Morgan fingerprint density at radius 2 is 1.49 bits per heavy atom.